The second-order valence-electron chi connectivity index (χ2n) is 3.17. The van der Waals surface area contributed by atoms with Crippen LogP contribution in [0.3, 0.4) is 0 Å². The van der Waals surface area contributed by atoms with Gasteiger partial charge in [-0.05, 0) is 23.8 Å². The Balaban J connectivity index is 2.32. The molecule has 1 atom stereocenters. The van der Waals surface area contributed by atoms with Crippen molar-refractivity contribution >= 4 is 0 Å². The van der Waals surface area contributed by atoms with Gasteiger partial charge in [0.25, 0.3) is 0 Å². The molecule has 0 amide bonds. The maximum absolute atomic E-state index is 12.9. The van der Waals surface area contributed by atoms with Crippen LogP contribution in [0.2, 0.25) is 0 Å². The highest BCUT2D eigenvalue weighted by molar-refractivity contribution is 5.24. The molecule has 2 rings (SSSR count). The van der Waals surface area contributed by atoms with Crippen LogP contribution < -0.4 is 5.73 Å². The minimum Gasteiger partial charge on any atom is -0.319 e. The summed E-state index contributed by atoms with van der Waals surface area (Å²) >= 11 is 0. The molecule has 76 valence electrons. The largest absolute Gasteiger partial charge is 0.319 e. The van der Waals surface area contributed by atoms with E-state index < -0.39 is 6.04 Å². The molecule has 1 unspecified atom stereocenters. The molecule has 2 N–H and O–H groups in total. The first-order valence-corrected chi connectivity index (χ1v) is 4.54. The van der Waals surface area contributed by atoms with Crippen molar-refractivity contribution in [2.24, 2.45) is 5.73 Å². The van der Waals surface area contributed by atoms with E-state index in [1.807, 2.05) is 6.07 Å². The number of pyridine rings is 2. The van der Waals surface area contributed by atoms with Crippen LogP contribution >= 0.6 is 0 Å². The van der Waals surface area contributed by atoms with Gasteiger partial charge in [0.1, 0.15) is 5.82 Å². The summed E-state index contributed by atoms with van der Waals surface area (Å²) < 4.78 is 12.9. The molecule has 4 heteroatoms. The minimum absolute atomic E-state index is 0.390. The summed E-state index contributed by atoms with van der Waals surface area (Å²) in [6.45, 7) is 0. The van der Waals surface area contributed by atoms with E-state index in [1.165, 1.54) is 6.07 Å². The topological polar surface area (TPSA) is 51.8 Å². The van der Waals surface area contributed by atoms with Crippen LogP contribution in [0.15, 0.2) is 42.9 Å². The van der Waals surface area contributed by atoms with Crippen LogP contribution in [0.4, 0.5) is 4.39 Å². The summed E-state index contributed by atoms with van der Waals surface area (Å²) in [5.41, 5.74) is 7.23. The number of nitrogens with two attached hydrogens (primary N) is 1. The zero-order valence-corrected chi connectivity index (χ0v) is 7.97. The molecular weight excluding hydrogens is 193 g/mol. The number of nitrogens with zero attached hydrogens (tertiary/aromatic N) is 2. The number of rotatable bonds is 2. The summed E-state index contributed by atoms with van der Waals surface area (Å²) in [6.07, 6.45) is 4.35. The lowest BCUT2D eigenvalue weighted by molar-refractivity contribution is 0.615. The van der Waals surface area contributed by atoms with Crippen LogP contribution in [0, 0.1) is 5.82 Å². The van der Waals surface area contributed by atoms with Gasteiger partial charge in [0.15, 0.2) is 0 Å². The number of hydrogen-bond acceptors (Lipinski definition) is 3. The highest BCUT2D eigenvalue weighted by Gasteiger charge is 2.10. The molecule has 0 aromatic carbocycles. The van der Waals surface area contributed by atoms with E-state index in [-0.39, 0.29) is 5.82 Å². The monoisotopic (exact) mass is 203 g/mol. The Kier molecular flexibility index (Phi) is 2.69. The van der Waals surface area contributed by atoms with E-state index in [2.05, 4.69) is 9.97 Å². The van der Waals surface area contributed by atoms with Crippen molar-refractivity contribution in [1.29, 1.82) is 0 Å². The van der Waals surface area contributed by atoms with Gasteiger partial charge in [0, 0.05) is 12.4 Å². The standard InChI is InChI=1S/C11H10FN3/c12-9-5-8(6-14-7-9)11(13)10-3-1-2-4-15-10/h1-7,11H,13H2. The molecule has 2 aromatic heterocycles. The quantitative estimate of drug-likeness (QED) is 0.807. The number of hydrogen-bond donors (Lipinski definition) is 1. The molecule has 0 saturated carbocycles. The Morgan fingerprint density at radius 3 is 2.80 bits per heavy atom. The zero-order chi connectivity index (χ0) is 10.7. The van der Waals surface area contributed by atoms with E-state index in [0.717, 1.165) is 6.20 Å². The van der Waals surface area contributed by atoms with Gasteiger partial charge in [0.2, 0.25) is 0 Å². The molecule has 15 heavy (non-hydrogen) atoms. The van der Waals surface area contributed by atoms with Crippen molar-refractivity contribution in [2.45, 2.75) is 6.04 Å². The van der Waals surface area contributed by atoms with E-state index >= 15 is 0 Å². The van der Waals surface area contributed by atoms with Crippen LogP contribution in [0.25, 0.3) is 0 Å². The third-order valence-electron chi connectivity index (χ3n) is 2.09. The zero-order valence-electron chi connectivity index (χ0n) is 7.97. The van der Waals surface area contributed by atoms with Crippen LogP contribution in [-0.4, -0.2) is 9.97 Å². The van der Waals surface area contributed by atoms with Crippen molar-refractivity contribution < 1.29 is 4.39 Å². The van der Waals surface area contributed by atoms with E-state index in [9.17, 15) is 4.39 Å². The fourth-order valence-electron chi connectivity index (χ4n) is 1.33. The van der Waals surface area contributed by atoms with E-state index in [1.54, 1.807) is 24.5 Å². The second-order valence-corrected chi connectivity index (χ2v) is 3.17. The normalized spacial score (nSPS) is 12.4. The predicted octanol–water partition coefficient (Wildman–Crippen LogP) is 1.66. The second kappa shape index (κ2) is 4.14. The molecule has 0 bridgehead atoms. The highest BCUT2D eigenvalue weighted by Crippen LogP contribution is 2.16. The molecule has 0 saturated heterocycles. The van der Waals surface area contributed by atoms with Crippen molar-refractivity contribution in [3.05, 3.63) is 59.9 Å². The Labute approximate surface area is 86.8 Å². The maximum Gasteiger partial charge on any atom is 0.141 e. The van der Waals surface area contributed by atoms with Crippen molar-refractivity contribution in [3.8, 4) is 0 Å². The molecular formula is C11H10FN3. The summed E-state index contributed by atoms with van der Waals surface area (Å²) in [4.78, 5) is 7.86. The fraction of sp³-hybridized carbons (Fsp3) is 0.0909. The Hall–Kier alpha value is -1.81. The van der Waals surface area contributed by atoms with Gasteiger partial charge in [-0.1, -0.05) is 6.07 Å². The number of halogens is 1. The summed E-state index contributed by atoms with van der Waals surface area (Å²) in [6, 6.07) is 6.38. The molecule has 3 nitrogen and oxygen atoms in total. The third-order valence-corrected chi connectivity index (χ3v) is 2.09. The van der Waals surface area contributed by atoms with Gasteiger partial charge in [-0.25, -0.2) is 4.39 Å². The first-order valence-electron chi connectivity index (χ1n) is 4.54. The van der Waals surface area contributed by atoms with Crippen molar-refractivity contribution in [2.75, 3.05) is 0 Å². The SMILES string of the molecule is NC(c1cncc(F)c1)c1ccccn1. The van der Waals surface area contributed by atoms with Crippen LogP contribution in [0.1, 0.15) is 17.3 Å². The maximum atomic E-state index is 12.9. The van der Waals surface area contributed by atoms with Gasteiger partial charge >= 0.3 is 0 Å². The predicted molar refractivity (Wildman–Crippen MR) is 54.5 cm³/mol. The van der Waals surface area contributed by atoms with Crippen LogP contribution in [0.5, 0.6) is 0 Å². The van der Waals surface area contributed by atoms with Crippen LogP contribution in [-0.2, 0) is 0 Å². The Morgan fingerprint density at radius 1 is 1.27 bits per heavy atom. The van der Waals surface area contributed by atoms with Gasteiger partial charge < -0.3 is 5.73 Å². The molecule has 2 aromatic rings. The molecule has 2 heterocycles. The lowest BCUT2D eigenvalue weighted by atomic mass is 10.1. The molecule has 0 radical (unpaired) electrons. The third kappa shape index (κ3) is 2.16. The van der Waals surface area contributed by atoms with Crippen molar-refractivity contribution in [1.82, 2.24) is 9.97 Å². The Bertz CT molecular complexity index is 445. The molecule has 0 aliphatic heterocycles. The molecule has 0 spiro atoms. The average molecular weight is 203 g/mol. The lowest BCUT2D eigenvalue weighted by Crippen LogP contribution is -2.13. The molecule has 0 fully saturated rings. The van der Waals surface area contributed by atoms with Gasteiger partial charge in [-0.2, -0.15) is 0 Å². The van der Waals surface area contributed by atoms with Gasteiger partial charge in [-0.3, -0.25) is 9.97 Å². The first-order chi connectivity index (χ1) is 7.27. The summed E-state index contributed by atoms with van der Waals surface area (Å²) in [5.74, 6) is -0.390. The van der Waals surface area contributed by atoms with Gasteiger partial charge in [-0.15, -0.1) is 0 Å². The van der Waals surface area contributed by atoms with Gasteiger partial charge in [0.05, 0.1) is 17.9 Å². The first kappa shape index (κ1) is 9.73. The minimum atomic E-state index is -0.436. The number of aromatic nitrogens is 2. The average Bonchev–Trinajstić information content (AvgIpc) is 2.29. The smallest absolute Gasteiger partial charge is 0.141 e. The fourth-order valence-corrected chi connectivity index (χ4v) is 1.33. The highest BCUT2D eigenvalue weighted by atomic mass is 19.1. The van der Waals surface area contributed by atoms with E-state index in [4.69, 9.17) is 5.73 Å². The Morgan fingerprint density at radius 2 is 2.13 bits per heavy atom. The lowest BCUT2D eigenvalue weighted by Gasteiger charge is -2.10. The van der Waals surface area contributed by atoms with Crippen molar-refractivity contribution in [3.63, 3.8) is 0 Å². The summed E-state index contributed by atoms with van der Waals surface area (Å²) in [5, 5.41) is 0. The molecule has 0 aliphatic rings. The van der Waals surface area contributed by atoms with E-state index in [0.29, 0.717) is 11.3 Å². The molecule has 0 aliphatic carbocycles. The summed E-state index contributed by atoms with van der Waals surface area (Å²) in [7, 11) is 0.